The summed E-state index contributed by atoms with van der Waals surface area (Å²) in [6.45, 7) is 3.65. The molecule has 2 aromatic rings. The average Bonchev–Trinajstić information content (AvgIpc) is 2.84. The normalized spacial score (nSPS) is 14.1. The van der Waals surface area contributed by atoms with Crippen molar-refractivity contribution in [2.75, 3.05) is 12.9 Å². The Morgan fingerprint density at radius 2 is 2.19 bits per heavy atom. The summed E-state index contributed by atoms with van der Waals surface area (Å²) in [5.74, 6) is -0.587. The van der Waals surface area contributed by atoms with Gasteiger partial charge in [0.15, 0.2) is 0 Å². The summed E-state index contributed by atoms with van der Waals surface area (Å²) < 4.78 is 13.4. The topological polar surface area (TPSA) is 65.1 Å². The second-order valence-corrected chi connectivity index (χ2v) is 6.16. The van der Waals surface area contributed by atoms with E-state index in [2.05, 4.69) is 10.3 Å². The maximum absolute atomic E-state index is 13.4. The van der Waals surface area contributed by atoms with E-state index in [0.717, 1.165) is 10.9 Å². The lowest BCUT2D eigenvalue weighted by Gasteiger charge is -2.20. The van der Waals surface area contributed by atoms with Gasteiger partial charge in [0.25, 0.3) is 5.91 Å². The van der Waals surface area contributed by atoms with E-state index in [1.54, 1.807) is 13.0 Å². The third-order valence-electron chi connectivity index (χ3n) is 3.55. The number of rotatable bonds is 5. The fraction of sp³-hybridized carbons (Fsp3) is 0.400. The number of aliphatic hydroxyl groups excluding tert-OH is 1. The Balaban J connectivity index is 2.22. The molecular formula is C15H19FN2O2S. The van der Waals surface area contributed by atoms with Crippen molar-refractivity contribution >= 4 is 28.6 Å². The van der Waals surface area contributed by atoms with Gasteiger partial charge in [0.05, 0.1) is 6.61 Å². The highest BCUT2D eigenvalue weighted by atomic mass is 32.2. The van der Waals surface area contributed by atoms with Crippen molar-refractivity contribution in [1.29, 1.82) is 0 Å². The van der Waals surface area contributed by atoms with E-state index in [1.807, 2.05) is 13.2 Å². The van der Waals surface area contributed by atoms with Crippen LogP contribution in [-0.4, -0.2) is 40.2 Å². The van der Waals surface area contributed by atoms with Crippen LogP contribution in [0.4, 0.5) is 4.39 Å². The van der Waals surface area contributed by atoms with Gasteiger partial charge in [0.1, 0.15) is 11.5 Å². The summed E-state index contributed by atoms with van der Waals surface area (Å²) in [7, 11) is 0. The van der Waals surface area contributed by atoms with Crippen LogP contribution in [0, 0.1) is 12.7 Å². The smallest absolute Gasteiger partial charge is 0.267 e. The van der Waals surface area contributed by atoms with E-state index in [4.69, 9.17) is 0 Å². The van der Waals surface area contributed by atoms with Gasteiger partial charge in [-0.2, -0.15) is 11.8 Å². The number of nitrogens with one attached hydrogen (secondary N) is 2. The minimum absolute atomic E-state index is 0.000363. The first-order valence-corrected chi connectivity index (χ1v) is 7.98. The molecule has 0 bridgehead atoms. The highest BCUT2D eigenvalue weighted by Crippen LogP contribution is 2.21. The van der Waals surface area contributed by atoms with Crippen LogP contribution in [0.15, 0.2) is 18.2 Å². The zero-order valence-electron chi connectivity index (χ0n) is 12.2. The van der Waals surface area contributed by atoms with Crippen molar-refractivity contribution in [3.63, 3.8) is 0 Å². The molecule has 1 amide bonds. The van der Waals surface area contributed by atoms with Gasteiger partial charge < -0.3 is 15.4 Å². The zero-order chi connectivity index (χ0) is 15.6. The second kappa shape index (κ2) is 6.49. The fourth-order valence-corrected chi connectivity index (χ4v) is 2.94. The Morgan fingerprint density at radius 1 is 1.48 bits per heavy atom. The third kappa shape index (κ3) is 3.39. The van der Waals surface area contributed by atoms with Crippen molar-refractivity contribution in [1.82, 2.24) is 10.3 Å². The third-order valence-corrected chi connectivity index (χ3v) is 4.72. The molecule has 0 aliphatic heterocycles. The van der Waals surface area contributed by atoms with Crippen LogP contribution in [0.2, 0.25) is 0 Å². The maximum Gasteiger partial charge on any atom is 0.267 e. The van der Waals surface area contributed by atoms with Gasteiger partial charge >= 0.3 is 0 Å². The van der Waals surface area contributed by atoms with Crippen LogP contribution in [0.5, 0.6) is 0 Å². The highest BCUT2D eigenvalue weighted by molar-refractivity contribution is 7.99. The van der Waals surface area contributed by atoms with Gasteiger partial charge in [-0.1, -0.05) is 0 Å². The number of halogens is 1. The molecule has 1 aromatic heterocycles. The van der Waals surface area contributed by atoms with Crippen molar-refractivity contribution in [2.45, 2.75) is 25.1 Å². The second-order valence-electron chi connectivity index (χ2n) is 5.09. The molecule has 0 spiro atoms. The van der Waals surface area contributed by atoms with E-state index in [1.165, 1.54) is 23.9 Å². The average molecular weight is 310 g/mol. The summed E-state index contributed by atoms with van der Waals surface area (Å²) in [4.78, 5) is 15.2. The molecule has 21 heavy (non-hydrogen) atoms. The van der Waals surface area contributed by atoms with E-state index >= 15 is 0 Å². The number of aromatic amines is 1. The molecule has 0 radical (unpaired) electrons. The van der Waals surface area contributed by atoms with Crippen LogP contribution >= 0.6 is 11.8 Å². The summed E-state index contributed by atoms with van der Waals surface area (Å²) in [5, 5.41) is 12.9. The number of hydrogen-bond acceptors (Lipinski definition) is 3. The first-order valence-electron chi connectivity index (χ1n) is 6.69. The van der Waals surface area contributed by atoms with E-state index in [0.29, 0.717) is 11.2 Å². The van der Waals surface area contributed by atoms with Crippen LogP contribution < -0.4 is 5.32 Å². The SMILES string of the molecule is CSC(CO)C(C)NC(=O)c1cc2c(C)cc(F)cc2[nH]1. The van der Waals surface area contributed by atoms with E-state index < -0.39 is 0 Å². The molecule has 1 aromatic carbocycles. The van der Waals surface area contributed by atoms with Gasteiger partial charge in [-0.05, 0) is 43.9 Å². The van der Waals surface area contributed by atoms with Crippen molar-refractivity contribution in [3.05, 3.63) is 35.3 Å². The summed E-state index contributed by atoms with van der Waals surface area (Å²) >= 11 is 1.50. The molecule has 3 N–H and O–H groups in total. The minimum Gasteiger partial charge on any atom is -0.395 e. The standard InChI is InChI=1S/C15H19FN2O2S/c1-8-4-10(16)5-12-11(8)6-13(18-12)15(20)17-9(2)14(7-19)21-3/h4-6,9,14,18-19H,7H2,1-3H3,(H,17,20). The first-order chi connectivity index (χ1) is 9.96. The van der Waals surface area contributed by atoms with Crippen LogP contribution in [0.1, 0.15) is 23.0 Å². The molecule has 2 rings (SSSR count). The number of amides is 1. The Hall–Kier alpha value is -1.53. The molecule has 0 saturated carbocycles. The number of fused-ring (bicyclic) bond motifs is 1. The summed E-state index contributed by atoms with van der Waals surface area (Å²) in [6.07, 6.45) is 1.89. The van der Waals surface area contributed by atoms with Crippen molar-refractivity contribution in [2.24, 2.45) is 0 Å². The number of hydrogen-bond donors (Lipinski definition) is 3. The molecule has 4 nitrogen and oxygen atoms in total. The number of aromatic nitrogens is 1. The predicted octanol–water partition coefficient (Wildman–Crippen LogP) is 2.46. The van der Waals surface area contributed by atoms with Gasteiger partial charge in [0, 0.05) is 22.2 Å². The monoisotopic (exact) mass is 310 g/mol. The molecule has 114 valence electrons. The minimum atomic E-state index is -0.329. The van der Waals surface area contributed by atoms with Crippen LogP contribution in [-0.2, 0) is 0 Å². The molecule has 1 heterocycles. The predicted molar refractivity (Wildman–Crippen MR) is 84.3 cm³/mol. The number of carbonyl (C=O) groups excluding carboxylic acids is 1. The molecule has 0 saturated heterocycles. The maximum atomic E-state index is 13.4. The molecule has 2 atom stereocenters. The first kappa shape index (κ1) is 15.9. The van der Waals surface area contributed by atoms with Crippen LogP contribution in [0.3, 0.4) is 0 Å². The lowest BCUT2D eigenvalue weighted by Crippen LogP contribution is -2.41. The number of aliphatic hydroxyl groups is 1. The quantitative estimate of drug-likeness (QED) is 0.795. The zero-order valence-corrected chi connectivity index (χ0v) is 13.1. The Labute approximate surface area is 127 Å². The molecule has 6 heteroatoms. The van der Waals surface area contributed by atoms with Crippen molar-refractivity contribution in [3.8, 4) is 0 Å². The Kier molecular flexibility index (Phi) is 4.90. The fourth-order valence-electron chi connectivity index (χ4n) is 2.31. The molecular weight excluding hydrogens is 291 g/mol. The Bertz CT molecular complexity index is 652. The molecule has 0 aliphatic carbocycles. The number of aryl methyl sites for hydroxylation is 1. The van der Waals surface area contributed by atoms with Gasteiger partial charge in [0.2, 0.25) is 0 Å². The largest absolute Gasteiger partial charge is 0.395 e. The number of thioether (sulfide) groups is 1. The van der Waals surface area contributed by atoms with Gasteiger partial charge in [-0.3, -0.25) is 4.79 Å². The number of H-pyrrole nitrogens is 1. The molecule has 0 fully saturated rings. The van der Waals surface area contributed by atoms with E-state index in [9.17, 15) is 14.3 Å². The van der Waals surface area contributed by atoms with Crippen molar-refractivity contribution < 1.29 is 14.3 Å². The lowest BCUT2D eigenvalue weighted by atomic mass is 10.1. The Morgan fingerprint density at radius 3 is 2.81 bits per heavy atom. The van der Waals surface area contributed by atoms with Gasteiger partial charge in [-0.15, -0.1) is 0 Å². The number of carbonyl (C=O) groups is 1. The summed E-state index contributed by atoms with van der Waals surface area (Å²) in [6, 6.07) is 4.37. The van der Waals surface area contributed by atoms with E-state index in [-0.39, 0.29) is 29.6 Å². The molecule has 2 unspecified atom stereocenters. The summed E-state index contributed by atoms with van der Waals surface area (Å²) in [5.41, 5.74) is 1.78. The van der Waals surface area contributed by atoms with Crippen LogP contribution in [0.25, 0.3) is 10.9 Å². The highest BCUT2D eigenvalue weighted by Gasteiger charge is 2.19. The number of benzene rings is 1. The lowest BCUT2D eigenvalue weighted by molar-refractivity contribution is 0.0931. The molecule has 0 aliphatic rings. The van der Waals surface area contributed by atoms with Gasteiger partial charge in [-0.25, -0.2) is 4.39 Å².